The van der Waals surface area contributed by atoms with Crippen molar-refractivity contribution < 1.29 is 0 Å². The van der Waals surface area contributed by atoms with Crippen LogP contribution in [0.3, 0.4) is 0 Å². The molecule has 24 heavy (non-hydrogen) atoms. The van der Waals surface area contributed by atoms with Crippen LogP contribution in [0.1, 0.15) is 5.01 Å². The molecule has 0 aliphatic rings. The Balaban J connectivity index is 1.84. The Morgan fingerprint density at radius 2 is 1.79 bits per heavy atom. The van der Waals surface area contributed by atoms with E-state index in [9.17, 15) is 0 Å². The molecule has 0 fully saturated rings. The molecule has 112 valence electrons. The van der Waals surface area contributed by atoms with Crippen LogP contribution in [0.4, 0.5) is 0 Å². The number of nitriles is 1. The van der Waals surface area contributed by atoms with E-state index >= 15 is 0 Å². The second-order valence-corrected chi connectivity index (χ2v) is 6.27. The van der Waals surface area contributed by atoms with Gasteiger partial charge >= 0.3 is 0 Å². The summed E-state index contributed by atoms with van der Waals surface area (Å²) < 4.78 is 2.60. The highest BCUT2D eigenvalue weighted by Gasteiger charge is 2.15. The van der Waals surface area contributed by atoms with Crippen molar-refractivity contribution in [1.29, 1.82) is 5.26 Å². The molecule has 0 bridgehead atoms. The van der Waals surface area contributed by atoms with Gasteiger partial charge in [-0.1, -0.05) is 23.4 Å². The number of hydrogen-bond donors (Lipinski definition) is 0. The van der Waals surface area contributed by atoms with Crippen molar-refractivity contribution in [1.82, 2.24) is 25.0 Å². The third-order valence-corrected chi connectivity index (χ3v) is 4.84. The van der Waals surface area contributed by atoms with Crippen LogP contribution in [-0.2, 0) is 0 Å². The molecule has 0 radical (unpaired) electrons. The topological polar surface area (TPSA) is 80.3 Å². The monoisotopic (exact) mass is 328 g/mol. The molecule has 0 aliphatic carbocycles. The normalized spacial score (nSPS) is 11.3. The van der Waals surface area contributed by atoms with Crippen LogP contribution in [0.15, 0.2) is 48.5 Å². The quantitative estimate of drug-likeness (QED) is 0.471. The molecule has 5 aromatic rings. The van der Waals surface area contributed by atoms with Crippen LogP contribution >= 0.6 is 11.3 Å². The molecule has 0 atom stereocenters. The van der Waals surface area contributed by atoms with Crippen molar-refractivity contribution in [3.05, 3.63) is 53.5 Å². The molecule has 6 nitrogen and oxygen atoms in total. The molecule has 7 heteroatoms. The fraction of sp³-hybridized carbons (Fsp3) is 0. The lowest BCUT2D eigenvalue weighted by Crippen LogP contribution is -1.99. The van der Waals surface area contributed by atoms with Crippen molar-refractivity contribution in [2.24, 2.45) is 0 Å². The van der Waals surface area contributed by atoms with Crippen LogP contribution in [0.25, 0.3) is 38.0 Å². The first-order chi connectivity index (χ1) is 11.8. The average molecular weight is 328 g/mol. The molecule has 0 N–H and O–H groups in total. The highest BCUT2D eigenvalue weighted by molar-refractivity contribution is 7.20. The summed E-state index contributed by atoms with van der Waals surface area (Å²) in [5.74, 6) is 0.690. The maximum Gasteiger partial charge on any atom is 0.195 e. The van der Waals surface area contributed by atoms with Gasteiger partial charge in [0, 0.05) is 5.39 Å². The molecule has 0 spiro atoms. The maximum atomic E-state index is 9.11. The lowest BCUT2D eigenvalue weighted by atomic mass is 10.2. The van der Waals surface area contributed by atoms with Crippen molar-refractivity contribution in [3.8, 4) is 11.9 Å². The van der Waals surface area contributed by atoms with Crippen LogP contribution < -0.4 is 0 Å². The Bertz CT molecular complexity index is 1280. The fourth-order valence-corrected chi connectivity index (χ4v) is 3.66. The Labute approximate surface area is 139 Å². The molecule has 5 rings (SSSR count). The summed E-state index contributed by atoms with van der Waals surface area (Å²) in [6, 6.07) is 17.7. The number of thiazole rings is 1. The molecule has 0 saturated heterocycles. The molecule has 0 amide bonds. The van der Waals surface area contributed by atoms with Gasteiger partial charge in [-0.15, -0.1) is 16.4 Å². The van der Waals surface area contributed by atoms with E-state index in [1.165, 1.54) is 11.3 Å². The summed E-state index contributed by atoms with van der Waals surface area (Å²) in [5.41, 5.74) is 3.25. The summed E-state index contributed by atoms with van der Waals surface area (Å²) in [5, 5.41) is 19.1. The Morgan fingerprint density at radius 3 is 2.71 bits per heavy atom. The lowest BCUT2D eigenvalue weighted by Gasteiger charge is -2.03. The molecule has 2 aromatic carbocycles. The van der Waals surface area contributed by atoms with Gasteiger partial charge in [0.05, 0.1) is 15.7 Å². The van der Waals surface area contributed by atoms with Gasteiger partial charge in [0.15, 0.2) is 10.8 Å². The van der Waals surface area contributed by atoms with E-state index in [4.69, 9.17) is 5.26 Å². The molecule has 3 heterocycles. The predicted molar refractivity (Wildman–Crippen MR) is 92.1 cm³/mol. The van der Waals surface area contributed by atoms with Gasteiger partial charge in [-0.2, -0.15) is 9.94 Å². The number of para-hydroxylation sites is 1. The lowest BCUT2D eigenvalue weighted by molar-refractivity contribution is 0.807. The first kappa shape index (κ1) is 13.1. The van der Waals surface area contributed by atoms with Crippen molar-refractivity contribution in [3.63, 3.8) is 0 Å². The summed E-state index contributed by atoms with van der Waals surface area (Å²) >= 11 is 1.34. The Hall–Kier alpha value is -3.37. The van der Waals surface area contributed by atoms with Gasteiger partial charge in [0.25, 0.3) is 0 Å². The van der Waals surface area contributed by atoms with Gasteiger partial charge in [-0.05, 0) is 30.3 Å². The van der Waals surface area contributed by atoms with Crippen LogP contribution in [-0.4, -0.2) is 25.0 Å². The van der Waals surface area contributed by atoms with Gasteiger partial charge in [-0.3, -0.25) is 0 Å². The fourth-order valence-electron chi connectivity index (χ4n) is 2.77. The predicted octanol–water partition coefficient (Wildman–Crippen LogP) is 3.45. The Kier molecular flexibility index (Phi) is 2.63. The molecular weight excluding hydrogens is 320 g/mol. The zero-order chi connectivity index (χ0) is 16.1. The minimum Gasteiger partial charge on any atom is -0.229 e. The van der Waals surface area contributed by atoms with Gasteiger partial charge in [0.1, 0.15) is 17.1 Å². The molecule has 0 aliphatic heterocycles. The summed E-state index contributed by atoms with van der Waals surface area (Å²) in [6.07, 6.45) is 0. The average Bonchev–Trinajstić information content (AvgIpc) is 3.24. The number of fused-ring (bicyclic) bond motifs is 4. The van der Waals surface area contributed by atoms with Crippen LogP contribution in [0, 0.1) is 11.3 Å². The Morgan fingerprint density at radius 1 is 0.917 bits per heavy atom. The largest absolute Gasteiger partial charge is 0.229 e. The smallest absolute Gasteiger partial charge is 0.195 e. The van der Waals surface area contributed by atoms with Crippen molar-refractivity contribution in [2.45, 2.75) is 0 Å². The van der Waals surface area contributed by atoms with Gasteiger partial charge in [-0.25, -0.2) is 9.97 Å². The number of benzene rings is 2. The maximum absolute atomic E-state index is 9.11. The van der Waals surface area contributed by atoms with Gasteiger partial charge < -0.3 is 0 Å². The second-order valence-electron chi connectivity index (χ2n) is 5.28. The molecule has 0 unspecified atom stereocenters. The second kappa shape index (κ2) is 4.81. The summed E-state index contributed by atoms with van der Waals surface area (Å²) in [6.45, 7) is 0. The minimum absolute atomic E-state index is 0.428. The number of aromatic nitrogens is 5. The molecule has 3 aromatic heterocycles. The number of nitrogens with zero attached hydrogens (tertiary/aromatic N) is 6. The van der Waals surface area contributed by atoms with E-state index in [1.807, 2.05) is 48.5 Å². The third kappa shape index (κ3) is 1.81. The molecular formula is C17H8N6S. The standard InChI is InChI=1S/C17H8N6S/c18-9-15-20-13-7-6-12-16(17(13)24-15)23(22-21-12)14-8-5-10-3-1-2-4-11(10)19-14/h1-8H. The third-order valence-electron chi connectivity index (χ3n) is 3.86. The first-order valence-corrected chi connectivity index (χ1v) is 8.06. The summed E-state index contributed by atoms with van der Waals surface area (Å²) in [7, 11) is 0. The van der Waals surface area contributed by atoms with Crippen LogP contribution in [0.5, 0.6) is 0 Å². The van der Waals surface area contributed by atoms with Crippen LogP contribution in [0.2, 0.25) is 0 Å². The van der Waals surface area contributed by atoms with E-state index in [1.54, 1.807) is 4.68 Å². The van der Waals surface area contributed by atoms with E-state index < -0.39 is 0 Å². The SMILES string of the molecule is N#Cc1nc2ccc3nnn(-c4ccc5ccccc5n4)c3c2s1. The van der Waals surface area contributed by atoms with Gasteiger partial charge in [0.2, 0.25) is 0 Å². The minimum atomic E-state index is 0.428. The highest BCUT2D eigenvalue weighted by Crippen LogP contribution is 2.30. The first-order valence-electron chi connectivity index (χ1n) is 7.25. The van der Waals surface area contributed by atoms with Crippen molar-refractivity contribution in [2.75, 3.05) is 0 Å². The van der Waals surface area contributed by atoms with E-state index in [-0.39, 0.29) is 0 Å². The zero-order valence-electron chi connectivity index (χ0n) is 12.2. The number of hydrogen-bond acceptors (Lipinski definition) is 6. The highest BCUT2D eigenvalue weighted by atomic mass is 32.1. The van der Waals surface area contributed by atoms with E-state index in [0.717, 1.165) is 32.2 Å². The molecule has 0 saturated carbocycles. The zero-order valence-corrected chi connectivity index (χ0v) is 13.0. The summed E-state index contributed by atoms with van der Waals surface area (Å²) in [4.78, 5) is 9.00. The van der Waals surface area contributed by atoms with Crippen molar-refractivity contribution >= 4 is 43.5 Å². The number of rotatable bonds is 1. The van der Waals surface area contributed by atoms with E-state index in [0.29, 0.717) is 10.8 Å². The number of pyridine rings is 1. The van der Waals surface area contributed by atoms with E-state index in [2.05, 4.69) is 26.3 Å².